The molecular formula is C14H28N2O3. The number of hydrogen-bond acceptors (Lipinski definition) is 2. The van der Waals surface area contributed by atoms with Crippen molar-refractivity contribution in [3.05, 3.63) is 0 Å². The zero-order valence-corrected chi connectivity index (χ0v) is 12.7. The lowest BCUT2D eigenvalue weighted by atomic mass is 9.87. The van der Waals surface area contributed by atoms with Crippen molar-refractivity contribution >= 4 is 12.0 Å². The van der Waals surface area contributed by atoms with E-state index in [-0.39, 0.29) is 0 Å². The van der Waals surface area contributed by atoms with Crippen molar-refractivity contribution in [2.45, 2.75) is 59.9 Å². The standard InChI is InChI=1S/C14H28N2O3/c1-10(2)8-6-7-9-15-13(19)16-11(12(17)18)14(3,4)5/h10-11H,6-9H2,1-5H3,(H,17,18)(H2,15,16,19)/t11-/m0/s1. The molecular weight excluding hydrogens is 244 g/mol. The highest BCUT2D eigenvalue weighted by molar-refractivity contribution is 5.83. The van der Waals surface area contributed by atoms with E-state index in [2.05, 4.69) is 24.5 Å². The molecule has 0 aliphatic heterocycles. The molecule has 1 atom stereocenters. The van der Waals surface area contributed by atoms with Crippen LogP contribution in [0.25, 0.3) is 0 Å². The molecule has 0 unspecified atom stereocenters. The van der Waals surface area contributed by atoms with E-state index in [4.69, 9.17) is 5.11 Å². The van der Waals surface area contributed by atoms with Crippen molar-refractivity contribution in [2.24, 2.45) is 11.3 Å². The van der Waals surface area contributed by atoms with E-state index < -0.39 is 23.5 Å². The van der Waals surface area contributed by atoms with Crippen LogP contribution in [0.4, 0.5) is 4.79 Å². The third-order valence-electron chi connectivity index (χ3n) is 2.88. The number of aliphatic carboxylic acids is 1. The second kappa shape index (κ2) is 8.02. The molecule has 0 fully saturated rings. The number of carbonyl (C=O) groups excluding carboxylic acids is 1. The van der Waals surface area contributed by atoms with Crippen LogP contribution in [0.3, 0.4) is 0 Å². The average Bonchev–Trinajstić information content (AvgIpc) is 2.23. The number of urea groups is 1. The van der Waals surface area contributed by atoms with Crippen LogP contribution in [0.1, 0.15) is 53.9 Å². The first-order valence-corrected chi connectivity index (χ1v) is 6.91. The van der Waals surface area contributed by atoms with Gasteiger partial charge in [0.1, 0.15) is 6.04 Å². The predicted octanol–water partition coefficient (Wildman–Crippen LogP) is 2.61. The molecule has 0 aliphatic rings. The minimum atomic E-state index is -1.01. The summed E-state index contributed by atoms with van der Waals surface area (Å²) in [6.07, 6.45) is 3.13. The number of nitrogens with one attached hydrogen (secondary N) is 2. The summed E-state index contributed by atoms with van der Waals surface area (Å²) >= 11 is 0. The molecule has 112 valence electrons. The summed E-state index contributed by atoms with van der Waals surface area (Å²) in [6.45, 7) is 10.3. The van der Waals surface area contributed by atoms with Gasteiger partial charge in [-0.15, -0.1) is 0 Å². The fourth-order valence-electron chi connectivity index (χ4n) is 1.71. The number of carboxylic acids is 1. The first-order chi connectivity index (χ1) is 8.64. The number of unbranched alkanes of at least 4 members (excludes halogenated alkanes) is 1. The summed E-state index contributed by atoms with van der Waals surface area (Å²) in [7, 11) is 0. The van der Waals surface area contributed by atoms with Crippen LogP contribution >= 0.6 is 0 Å². The molecule has 0 heterocycles. The maximum absolute atomic E-state index is 11.6. The Labute approximate surface area is 116 Å². The molecule has 5 heteroatoms. The smallest absolute Gasteiger partial charge is 0.326 e. The van der Waals surface area contributed by atoms with Crippen molar-refractivity contribution < 1.29 is 14.7 Å². The predicted molar refractivity (Wildman–Crippen MR) is 76.1 cm³/mol. The zero-order valence-electron chi connectivity index (χ0n) is 12.7. The molecule has 0 aliphatic carbocycles. The quantitative estimate of drug-likeness (QED) is 0.623. The Kier molecular flexibility index (Phi) is 7.49. The first kappa shape index (κ1) is 17.7. The third-order valence-corrected chi connectivity index (χ3v) is 2.88. The third kappa shape index (κ3) is 8.46. The Morgan fingerprint density at radius 3 is 2.16 bits per heavy atom. The van der Waals surface area contributed by atoms with E-state index in [0.717, 1.165) is 19.3 Å². The molecule has 0 bridgehead atoms. The second-order valence-corrected chi connectivity index (χ2v) is 6.43. The summed E-state index contributed by atoms with van der Waals surface area (Å²) < 4.78 is 0. The Balaban J connectivity index is 3.99. The molecule has 0 saturated carbocycles. The van der Waals surface area contributed by atoms with E-state index in [1.54, 1.807) is 20.8 Å². The minimum absolute atomic E-state index is 0.410. The highest BCUT2D eigenvalue weighted by Crippen LogP contribution is 2.19. The lowest BCUT2D eigenvalue weighted by molar-refractivity contribution is -0.141. The van der Waals surface area contributed by atoms with Gasteiger partial charge in [-0.25, -0.2) is 9.59 Å². The number of hydrogen-bond donors (Lipinski definition) is 3. The highest BCUT2D eigenvalue weighted by atomic mass is 16.4. The molecule has 5 nitrogen and oxygen atoms in total. The molecule has 0 aromatic heterocycles. The summed E-state index contributed by atoms with van der Waals surface area (Å²) in [4.78, 5) is 22.7. The monoisotopic (exact) mass is 272 g/mol. The minimum Gasteiger partial charge on any atom is -0.480 e. The topological polar surface area (TPSA) is 78.4 Å². The lowest BCUT2D eigenvalue weighted by Crippen LogP contribution is -2.52. The number of carboxylic acid groups (broad SMARTS) is 1. The summed E-state index contributed by atoms with van der Waals surface area (Å²) in [5.41, 5.74) is -0.513. The van der Waals surface area contributed by atoms with Gasteiger partial charge < -0.3 is 15.7 Å². The zero-order chi connectivity index (χ0) is 15.1. The Morgan fingerprint density at radius 2 is 1.74 bits per heavy atom. The van der Waals surface area contributed by atoms with Crippen LogP contribution in [-0.4, -0.2) is 29.7 Å². The van der Waals surface area contributed by atoms with Crippen LogP contribution < -0.4 is 10.6 Å². The van der Waals surface area contributed by atoms with Gasteiger partial charge in [0.2, 0.25) is 0 Å². The van der Waals surface area contributed by atoms with Gasteiger partial charge in [0, 0.05) is 6.54 Å². The van der Waals surface area contributed by atoms with Crippen LogP contribution in [-0.2, 0) is 4.79 Å². The van der Waals surface area contributed by atoms with Crippen molar-refractivity contribution in [2.75, 3.05) is 6.54 Å². The molecule has 0 saturated heterocycles. The van der Waals surface area contributed by atoms with E-state index >= 15 is 0 Å². The summed E-state index contributed by atoms with van der Waals surface area (Å²) in [6, 6.07) is -1.30. The molecule has 0 radical (unpaired) electrons. The average molecular weight is 272 g/mol. The molecule has 2 amide bonds. The Bertz CT molecular complexity index is 296. The maximum Gasteiger partial charge on any atom is 0.326 e. The van der Waals surface area contributed by atoms with Crippen LogP contribution in [0, 0.1) is 11.3 Å². The van der Waals surface area contributed by atoms with Crippen LogP contribution in [0.15, 0.2) is 0 Å². The lowest BCUT2D eigenvalue weighted by Gasteiger charge is -2.27. The van der Waals surface area contributed by atoms with Gasteiger partial charge in [-0.3, -0.25) is 0 Å². The number of amides is 2. The van der Waals surface area contributed by atoms with E-state index in [1.807, 2.05) is 0 Å². The fraction of sp³-hybridized carbons (Fsp3) is 0.857. The normalized spacial score (nSPS) is 13.2. The number of carbonyl (C=O) groups is 2. The maximum atomic E-state index is 11.6. The van der Waals surface area contributed by atoms with E-state index in [1.165, 1.54) is 0 Å². The highest BCUT2D eigenvalue weighted by Gasteiger charge is 2.32. The summed E-state index contributed by atoms with van der Waals surface area (Å²) in [5.74, 6) is -0.339. The van der Waals surface area contributed by atoms with Crippen molar-refractivity contribution in [1.82, 2.24) is 10.6 Å². The van der Waals surface area contributed by atoms with Crippen LogP contribution in [0.5, 0.6) is 0 Å². The van der Waals surface area contributed by atoms with Gasteiger partial charge in [0.05, 0.1) is 0 Å². The fourth-order valence-corrected chi connectivity index (χ4v) is 1.71. The number of rotatable bonds is 7. The van der Waals surface area contributed by atoms with E-state index in [9.17, 15) is 9.59 Å². The van der Waals surface area contributed by atoms with Crippen LogP contribution in [0.2, 0.25) is 0 Å². The Morgan fingerprint density at radius 1 is 1.16 bits per heavy atom. The molecule has 0 aromatic rings. The van der Waals surface area contributed by atoms with Gasteiger partial charge in [0.15, 0.2) is 0 Å². The molecule has 3 N–H and O–H groups in total. The molecule has 19 heavy (non-hydrogen) atoms. The van der Waals surface area contributed by atoms with Gasteiger partial charge in [0.25, 0.3) is 0 Å². The summed E-state index contributed by atoms with van der Waals surface area (Å²) in [5, 5.41) is 14.3. The first-order valence-electron chi connectivity index (χ1n) is 6.91. The van der Waals surface area contributed by atoms with Gasteiger partial charge in [-0.2, -0.15) is 0 Å². The van der Waals surface area contributed by atoms with Gasteiger partial charge in [-0.1, -0.05) is 47.5 Å². The van der Waals surface area contributed by atoms with Gasteiger partial charge in [-0.05, 0) is 17.8 Å². The van der Waals surface area contributed by atoms with Crippen molar-refractivity contribution in [1.29, 1.82) is 0 Å². The van der Waals surface area contributed by atoms with Crippen molar-refractivity contribution in [3.8, 4) is 0 Å². The second-order valence-electron chi connectivity index (χ2n) is 6.43. The largest absolute Gasteiger partial charge is 0.480 e. The SMILES string of the molecule is CC(C)CCCCNC(=O)N[C@@H](C(=O)O)C(C)(C)C. The van der Waals surface area contributed by atoms with Crippen molar-refractivity contribution in [3.63, 3.8) is 0 Å². The molecule has 0 aromatic carbocycles. The molecule has 0 rings (SSSR count). The molecule has 0 spiro atoms. The van der Waals surface area contributed by atoms with E-state index in [0.29, 0.717) is 12.5 Å². The Hall–Kier alpha value is -1.26. The van der Waals surface area contributed by atoms with Gasteiger partial charge >= 0.3 is 12.0 Å².